The lowest BCUT2D eigenvalue weighted by atomic mass is 10.0. The molecule has 0 aliphatic carbocycles. The van der Waals surface area contributed by atoms with Crippen molar-refractivity contribution in [1.82, 2.24) is 0 Å². The van der Waals surface area contributed by atoms with Crippen molar-refractivity contribution >= 4 is 11.3 Å². The fraction of sp³-hybridized carbons (Fsp3) is 0.273. The largest absolute Gasteiger partial charge is 0.388 e. The monoisotopic (exact) mass is 161 g/mol. The Labute approximate surface area is 74.1 Å². The van der Waals surface area contributed by atoms with E-state index in [1.807, 2.05) is 20.0 Å². The Morgan fingerprint density at radius 1 is 1.42 bits per heavy atom. The minimum absolute atomic E-state index is 1.12. The number of nitrogens with one attached hydrogen (secondary N) is 1. The summed E-state index contributed by atoms with van der Waals surface area (Å²) >= 11 is 0. The number of rotatable bonds is 2. The Kier molecular flexibility index (Phi) is 2.54. The normalized spacial score (nSPS) is 9.58. The molecule has 0 bridgehead atoms. The van der Waals surface area contributed by atoms with E-state index in [0.29, 0.717) is 0 Å². The van der Waals surface area contributed by atoms with E-state index in [1.165, 1.54) is 16.8 Å². The molecule has 0 unspecified atom stereocenters. The van der Waals surface area contributed by atoms with Crippen molar-refractivity contribution in [2.75, 3.05) is 12.4 Å². The molecule has 1 heteroatoms. The highest BCUT2D eigenvalue weighted by Gasteiger charge is 2.01. The molecule has 0 aliphatic rings. The molecule has 0 saturated heterocycles. The highest BCUT2D eigenvalue weighted by atomic mass is 14.8. The highest BCUT2D eigenvalue weighted by Crippen LogP contribution is 2.23. The third-order valence-corrected chi connectivity index (χ3v) is 2.06. The second kappa shape index (κ2) is 3.44. The lowest BCUT2D eigenvalue weighted by Gasteiger charge is -2.09. The summed E-state index contributed by atoms with van der Waals surface area (Å²) in [6.45, 7) is 8.07. The smallest absolute Gasteiger partial charge is 0.0373 e. The number of anilines is 1. The van der Waals surface area contributed by atoms with Gasteiger partial charge in [-0.2, -0.15) is 0 Å². The standard InChI is InChI=1S/C11H15N/c1-8(2)10-6-5-7-11(12-4)9(10)3/h5-7,12H,1H2,2-4H3. The van der Waals surface area contributed by atoms with Crippen LogP contribution in [0.4, 0.5) is 5.69 Å². The van der Waals surface area contributed by atoms with Crippen molar-refractivity contribution in [3.63, 3.8) is 0 Å². The van der Waals surface area contributed by atoms with E-state index in [-0.39, 0.29) is 0 Å². The number of hydrogen-bond acceptors (Lipinski definition) is 1. The summed E-state index contributed by atoms with van der Waals surface area (Å²) < 4.78 is 0. The van der Waals surface area contributed by atoms with Crippen molar-refractivity contribution < 1.29 is 0 Å². The second-order valence-corrected chi connectivity index (χ2v) is 3.01. The minimum Gasteiger partial charge on any atom is -0.388 e. The molecule has 0 saturated carbocycles. The van der Waals surface area contributed by atoms with Gasteiger partial charge in [0.25, 0.3) is 0 Å². The molecule has 0 atom stereocenters. The first kappa shape index (κ1) is 8.85. The van der Waals surface area contributed by atoms with E-state index >= 15 is 0 Å². The molecule has 1 aromatic carbocycles. The summed E-state index contributed by atoms with van der Waals surface area (Å²) in [5.74, 6) is 0. The zero-order valence-corrected chi connectivity index (χ0v) is 7.94. The topological polar surface area (TPSA) is 12.0 Å². The first-order valence-electron chi connectivity index (χ1n) is 4.10. The van der Waals surface area contributed by atoms with Gasteiger partial charge in [-0.1, -0.05) is 24.3 Å². The maximum atomic E-state index is 3.93. The molecule has 0 radical (unpaired) electrons. The fourth-order valence-corrected chi connectivity index (χ4v) is 1.37. The van der Waals surface area contributed by atoms with E-state index in [9.17, 15) is 0 Å². The number of benzene rings is 1. The molecule has 1 N–H and O–H groups in total. The minimum atomic E-state index is 1.12. The lowest BCUT2D eigenvalue weighted by molar-refractivity contribution is 1.37. The van der Waals surface area contributed by atoms with Crippen LogP contribution in [0.2, 0.25) is 0 Å². The molecule has 1 nitrogen and oxygen atoms in total. The molecule has 0 aromatic heterocycles. The van der Waals surface area contributed by atoms with Gasteiger partial charge in [0, 0.05) is 12.7 Å². The van der Waals surface area contributed by atoms with Crippen LogP contribution in [-0.4, -0.2) is 7.05 Å². The van der Waals surface area contributed by atoms with Crippen LogP contribution in [0.1, 0.15) is 18.1 Å². The molecule has 0 spiro atoms. The maximum absolute atomic E-state index is 3.93. The molecule has 12 heavy (non-hydrogen) atoms. The van der Waals surface area contributed by atoms with Crippen molar-refractivity contribution in [2.45, 2.75) is 13.8 Å². The van der Waals surface area contributed by atoms with Gasteiger partial charge in [0.05, 0.1) is 0 Å². The van der Waals surface area contributed by atoms with E-state index < -0.39 is 0 Å². The number of hydrogen-bond donors (Lipinski definition) is 1. The molecule has 64 valence electrons. The maximum Gasteiger partial charge on any atom is 0.0373 e. The van der Waals surface area contributed by atoms with Gasteiger partial charge in [-0.05, 0) is 31.0 Å². The predicted molar refractivity (Wildman–Crippen MR) is 55.4 cm³/mol. The van der Waals surface area contributed by atoms with Gasteiger partial charge in [0.15, 0.2) is 0 Å². The molecular formula is C11H15N. The van der Waals surface area contributed by atoms with Crippen molar-refractivity contribution in [3.05, 3.63) is 35.9 Å². The lowest BCUT2D eigenvalue weighted by Crippen LogP contribution is -1.94. The van der Waals surface area contributed by atoms with Crippen LogP contribution in [0.25, 0.3) is 5.57 Å². The molecular weight excluding hydrogens is 146 g/mol. The van der Waals surface area contributed by atoms with Gasteiger partial charge in [-0.3, -0.25) is 0 Å². The van der Waals surface area contributed by atoms with Gasteiger partial charge in [0.1, 0.15) is 0 Å². The number of allylic oxidation sites excluding steroid dienone is 1. The summed E-state index contributed by atoms with van der Waals surface area (Å²) in [7, 11) is 1.94. The Hall–Kier alpha value is -1.24. The van der Waals surface area contributed by atoms with Gasteiger partial charge >= 0.3 is 0 Å². The summed E-state index contributed by atoms with van der Waals surface area (Å²) in [5.41, 5.74) is 4.80. The molecule has 1 aromatic rings. The van der Waals surface area contributed by atoms with Crippen LogP contribution in [-0.2, 0) is 0 Å². The van der Waals surface area contributed by atoms with Crippen LogP contribution in [0, 0.1) is 6.92 Å². The van der Waals surface area contributed by atoms with Crippen molar-refractivity contribution in [3.8, 4) is 0 Å². The molecule has 0 heterocycles. The molecule has 0 amide bonds. The van der Waals surface area contributed by atoms with E-state index in [4.69, 9.17) is 0 Å². The van der Waals surface area contributed by atoms with Crippen molar-refractivity contribution in [1.29, 1.82) is 0 Å². The molecule has 0 aliphatic heterocycles. The Morgan fingerprint density at radius 2 is 2.08 bits per heavy atom. The summed E-state index contributed by atoms with van der Waals surface area (Å²) in [6.07, 6.45) is 0. The van der Waals surface area contributed by atoms with Gasteiger partial charge in [-0.25, -0.2) is 0 Å². The molecule has 0 fully saturated rings. The van der Waals surface area contributed by atoms with Crippen LogP contribution in [0.3, 0.4) is 0 Å². The summed E-state index contributed by atoms with van der Waals surface area (Å²) in [5, 5.41) is 3.15. The summed E-state index contributed by atoms with van der Waals surface area (Å²) in [6, 6.07) is 6.21. The zero-order valence-electron chi connectivity index (χ0n) is 7.94. The van der Waals surface area contributed by atoms with Crippen LogP contribution in [0.15, 0.2) is 24.8 Å². The Morgan fingerprint density at radius 3 is 2.58 bits per heavy atom. The fourth-order valence-electron chi connectivity index (χ4n) is 1.37. The van der Waals surface area contributed by atoms with Gasteiger partial charge in [-0.15, -0.1) is 0 Å². The van der Waals surface area contributed by atoms with Gasteiger partial charge in [0.2, 0.25) is 0 Å². The third-order valence-electron chi connectivity index (χ3n) is 2.06. The molecule has 1 rings (SSSR count). The highest BCUT2D eigenvalue weighted by molar-refractivity contribution is 5.70. The Balaban J connectivity index is 3.23. The van der Waals surface area contributed by atoms with Crippen LogP contribution in [0.5, 0.6) is 0 Å². The van der Waals surface area contributed by atoms with Crippen molar-refractivity contribution in [2.24, 2.45) is 0 Å². The van der Waals surface area contributed by atoms with Crippen LogP contribution >= 0.6 is 0 Å². The van der Waals surface area contributed by atoms with E-state index in [2.05, 4.69) is 31.0 Å². The van der Waals surface area contributed by atoms with Gasteiger partial charge < -0.3 is 5.32 Å². The first-order valence-corrected chi connectivity index (χ1v) is 4.10. The second-order valence-electron chi connectivity index (χ2n) is 3.01. The Bertz CT molecular complexity index is 300. The quantitative estimate of drug-likeness (QED) is 0.703. The third kappa shape index (κ3) is 1.50. The average molecular weight is 161 g/mol. The zero-order chi connectivity index (χ0) is 9.14. The van der Waals surface area contributed by atoms with E-state index in [0.717, 1.165) is 5.57 Å². The average Bonchev–Trinajstić information content (AvgIpc) is 2.04. The van der Waals surface area contributed by atoms with E-state index in [1.54, 1.807) is 0 Å². The summed E-state index contributed by atoms with van der Waals surface area (Å²) in [4.78, 5) is 0. The SMILES string of the molecule is C=C(C)c1cccc(NC)c1C. The van der Waals surface area contributed by atoms with Crippen LogP contribution < -0.4 is 5.32 Å². The first-order chi connectivity index (χ1) is 5.66. The predicted octanol–water partition coefficient (Wildman–Crippen LogP) is 3.07.